The molecule has 2 rings (SSSR count). The molecule has 2 N–H and O–H groups in total. The van der Waals surface area contributed by atoms with Gasteiger partial charge in [0.15, 0.2) is 0 Å². The van der Waals surface area contributed by atoms with Crippen LogP contribution >= 0.6 is 11.6 Å². The molecule has 1 aliphatic heterocycles. The van der Waals surface area contributed by atoms with Gasteiger partial charge in [-0.1, -0.05) is 11.6 Å². The Bertz CT molecular complexity index is 716. The van der Waals surface area contributed by atoms with Crippen LogP contribution in [0.4, 0.5) is 14.5 Å². The molecule has 2 unspecified atom stereocenters. The van der Waals surface area contributed by atoms with E-state index >= 15 is 0 Å². The molecule has 0 saturated carbocycles. The van der Waals surface area contributed by atoms with Crippen molar-refractivity contribution in [3.63, 3.8) is 0 Å². The minimum Gasteiger partial charge on any atom is -0.495 e. The Balaban J connectivity index is 2.13. The van der Waals surface area contributed by atoms with Gasteiger partial charge < -0.3 is 20.1 Å². The van der Waals surface area contributed by atoms with Crippen molar-refractivity contribution in [2.45, 2.75) is 25.3 Å². The molecule has 0 aromatic heterocycles. The van der Waals surface area contributed by atoms with Gasteiger partial charge in [0.25, 0.3) is 0 Å². The van der Waals surface area contributed by atoms with E-state index in [1.165, 1.54) is 18.1 Å². The third-order valence-corrected chi connectivity index (χ3v) is 4.19. The molecule has 0 aliphatic carbocycles. The average Bonchev–Trinajstić information content (AvgIpc) is 2.95. The van der Waals surface area contributed by atoms with Crippen LogP contribution in [0.1, 0.15) is 12.8 Å². The van der Waals surface area contributed by atoms with Crippen molar-refractivity contribution in [3.05, 3.63) is 23.2 Å². The number of alkyl halides is 2. The van der Waals surface area contributed by atoms with E-state index in [-0.39, 0.29) is 18.9 Å². The smallest absolute Gasteiger partial charge is 0.326 e. The van der Waals surface area contributed by atoms with Gasteiger partial charge in [-0.15, -0.1) is 0 Å². The lowest BCUT2D eigenvalue weighted by molar-refractivity contribution is -0.143. The number of anilines is 1. The maximum absolute atomic E-state index is 12.4. The van der Waals surface area contributed by atoms with E-state index in [1.807, 2.05) is 0 Å². The summed E-state index contributed by atoms with van der Waals surface area (Å²) in [7, 11) is 1.42. The monoisotopic (exact) mass is 390 g/mol. The van der Waals surface area contributed by atoms with Crippen LogP contribution in [-0.2, 0) is 14.4 Å². The number of carbonyl (C=O) groups excluding carboxylic acids is 2. The number of carboxylic acid groups (broad SMARTS) is 1. The van der Waals surface area contributed by atoms with Gasteiger partial charge in [-0.05, 0) is 18.2 Å². The fraction of sp³-hybridized carbons (Fsp3) is 0.438. The molecule has 0 spiro atoms. The summed E-state index contributed by atoms with van der Waals surface area (Å²) in [5.41, 5.74) is 0.377. The van der Waals surface area contributed by atoms with Crippen molar-refractivity contribution in [2.24, 2.45) is 5.92 Å². The molecular weight excluding hydrogens is 374 g/mol. The van der Waals surface area contributed by atoms with E-state index in [2.05, 4.69) is 5.32 Å². The maximum atomic E-state index is 12.4. The molecule has 2 amide bonds. The summed E-state index contributed by atoms with van der Waals surface area (Å²) in [5.74, 6) is -3.20. The first kappa shape index (κ1) is 19.9. The van der Waals surface area contributed by atoms with Gasteiger partial charge in [0.05, 0.1) is 18.7 Å². The number of hydrogen-bond donors (Lipinski definition) is 2. The van der Waals surface area contributed by atoms with Crippen molar-refractivity contribution in [1.82, 2.24) is 5.32 Å². The lowest BCUT2D eigenvalue weighted by atomic mass is 10.1. The molecular formula is C16H17ClF2N2O5. The number of nitrogens with one attached hydrogen (secondary N) is 1. The highest BCUT2D eigenvalue weighted by Gasteiger charge is 2.38. The first-order valence-corrected chi connectivity index (χ1v) is 8.06. The van der Waals surface area contributed by atoms with Crippen LogP contribution in [0.5, 0.6) is 5.75 Å². The highest BCUT2D eigenvalue weighted by Crippen LogP contribution is 2.35. The third kappa shape index (κ3) is 4.60. The largest absolute Gasteiger partial charge is 0.495 e. The van der Waals surface area contributed by atoms with Crippen LogP contribution in [0.3, 0.4) is 0 Å². The topological polar surface area (TPSA) is 95.9 Å². The molecule has 26 heavy (non-hydrogen) atoms. The normalized spacial score (nSPS) is 18.1. The van der Waals surface area contributed by atoms with Crippen LogP contribution < -0.4 is 15.0 Å². The fourth-order valence-corrected chi connectivity index (χ4v) is 2.85. The van der Waals surface area contributed by atoms with Gasteiger partial charge in [-0.25, -0.2) is 13.6 Å². The van der Waals surface area contributed by atoms with Crippen molar-refractivity contribution >= 4 is 35.1 Å². The Kier molecular flexibility index (Phi) is 6.36. The second-order valence-electron chi connectivity index (χ2n) is 5.75. The highest BCUT2D eigenvalue weighted by molar-refractivity contribution is 6.31. The Morgan fingerprint density at radius 1 is 1.46 bits per heavy atom. The van der Waals surface area contributed by atoms with Gasteiger partial charge in [0, 0.05) is 24.4 Å². The summed E-state index contributed by atoms with van der Waals surface area (Å²) in [5, 5.41) is 11.4. The lowest BCUT2D eigenvalue weighted by Crippen LogP contribution is -2.45. The third-order valence-electron chi connectivity index (χ3n) is 3.96. The molecule has 0 bridgehead atoms. The van der Waals surface area contributed by atoms with E-state index in [9.17, 15) is 23.2 Å². The molecule has 2 atom stereocenters. The lowest BCUT2D eigenvalue weighted by Gasteiger charge is -2.20. The Hall–Kier alpha value is -2.42. The van der Waals surface area contributed by atoms with Crippen molar-refractivity contribution in [2.75, 3.05) is 18.6 Å². The average molecular weight is 391 g/mol. The number of methoxy groups -OCH3 is 1. The number of halogens is 3. The molecule has 7 nitrogen and oxygen atoms in total. The molecule has 1 heterocycles. The van der Waals surface area contributed by atoms with Crippen molar-refractivity contribution in [3.8, 4) is 5.75 Å². The second kappa shape index (κ2) is 8.31. The summed E-state index contributed by atoms with van der Waals surface area (Å²) in [6.07, 6.45) is -4.07. The van der Waals surface area contributed by atoms with Gasteiger partial charge in [-0.3, -0.25) is 9.59 Å². The number of benzene rings is 1. The van der Waals surface area contributed by atoms with Crippen LogP contribution in [-0.4, -0.2) is 49.0 Å². The quantitative estimate of drug-likeness (QED) is 0.741. The van der Waals surface area contributed by atoms with Crippen molar-refractivity contribution in [1.29, 1.82) is 0 Å². The number of carboxylic acids is 1. The first-order chi connectivity index (χ1) is 12.2. The maximum Gasteiger partial charge on any atom is 0.326 e. The molecule has 0 radical (unpaired) electrons. The molecule has 142 valence electrons. The number of aliphatic carboxylic acids is 1. The molecule has 1 aromatic carbocycles. The predicted octanol–water partition coefficient (Wildman–Crippen LogP) is 1.93. The summed E-state index contributed by atoms with van der Waals surface area (Å²) in [6.45, 7) is -0.0393. The minimum atomic E-state index is -2.88. The number of amides is 2. The van der Waals surface area contributed by atoms with Crippen LogP contribution in [0.25, 0.3) is 0 Å². The van der Waals surface area contributed by atoms with Gasteiger partial charge in [-0.2, -0.15) is 0 Å². The van der Waals surface area contributed by atoms with Crippen molar-refractivity contribution < 1.29 is 33.0 Å². The SMILES string of the molecule is COc1ccc(Cl)cc1N1CC(C(=O)NC(CC(F)F)C(=O)O)CC1=O. The summed E-state index contributed by atoms with van der Waals surface area (Å²) >= 11 is 5.94. The number of hydrogen-bond acceptors (Lipinski definition) is 4. The molecule has 1 fully saturated rings. The van der Waals surface area contributed by atoms with E-state index in [1.54, 1.807) is 12.1 Å². The van der Waals surface area contributed by atoms with Gasteiger partial charge in [0.2, 0.25) is 18.2 Å². The van der Waals surface area contributed by atoms with E-state index in [0.717, 1.165) is 0 Å². The Morgan fingerprint density at radius 3 is 2.73 bits per heavy atom. The fourth-order valence-electron chi connectivity index (χ4n) is 2.68. The Morgan fingerprint density at radius 2 is 2.15 bits per heavy atom. The molecule has 1 aromatic rings. The van der Waals surface area contributed by atoms with Gasteiger partial charge >= 0.3 is 5.97 Å². The number of ether oxygens (including phenoxy) is 1. The number of rotatable bonds is 7. The zero-order chi connectivity index (χ0) is 19.4. The second-order valence-corrected chi connectivity index (χ2v) is 6.18. The minimum absolute atomic E-state index is 0.0393. The summed E-state index contributed by atoms with van der Waals surface area (Å²) in [4.78, 5) is 36.8. The highest BCUT2D eigenvalue weighted by atomic mass is 35.5. The standard InChI is InChI=1S/C16H17ClF2N2O5/c1-26-12-3-2-9(17)5-11(12)21-7-8(4-14(21)22)15(23)20-10(16(24)25)6-13(18)19/h2-3,5,8,10,13H,4,6-7H2,1H3,(H,20,23)(H,24,25). The Labute approximate surface area is 152 Å². The summed E-state index contributed by atoms with van der Waals surface area (Å²) < 4.78 is 30.1. The van der Waals surface area contributed by atoms with E-state index < -0.39 is 36.7 Å². The first-order valence-electron chi connectivity index (χ1n) is 7.68. The van der Waals surface area contributed by atoms with Crippen LogP contribution in [0, 0.1) is 5.92 Å². The molecule has 10 heteroatoms. The predicted molar refractivity (Wildman–Crippen MR) is 88.7 cm³/mol. The van der Waals surface area contributed by atoms with E-state index in [4.69, 9.17) is 21.4 Å². The van der Waals surface area contributed by atoms with E-state index in [0.29, 0.717) is 16.5 Å². The summed E-state index contributed by atoms with van der Waals surface area (Å²) in [6, 6.07) is 2.94. The van der Waals surface area contributed by atoms with Crippen LogP contribution in [0.2, 0.25) is 5.02 Å². The zero-order valence-electron chi connectivity index (χ0n) is 13.7. The number of nitrogens with zero attached hydrogens (tertiary/aromatic N) is 1. The van der Waals surface area contributed by atoms with Crippen LogP contribution in [0.15, 0.2) is 18.2 Å². The zero-order valence-corrected chi connectivity index (χ0v) is 14.5. The molecule has 1 saturated heterocycles. The number of carbonyl (C=O) groups is 3. The van der Waals surface area contributed by atoms with Gasteiger partial charge in [0.1, 0.15) is 11.8 Å². The molecule has 1 aliphatic rings.